The van der Waals surface area contributed by atoms with Crippen molar-refractivity contribution >= 4 is 22.5 Å². The number of aromatic amines is 1. The molecule has 0 saturated heterocycles. The highest BCUT2D eigenvalue weighted by Gasteiger charge is 2.16. The molecule has 2 aromatic rings. The van der Waals surface area contributed by atoms with Gasteiger partial charge in [0, 0.05) is 28.7 Å². The van der Waals surface area contributed by atoms with Gasteiger partial charge in [-0.05, 0) is 37.5 Å². The maximum absolute atomic E-state index is 12.3. The SMILES string of the molecule is CCCCC(CC)C(=O)Nc1ccc2c(C)c[nH]c2c1. The molecular weight excluding hydrogens is 248 g/mol. The van der Waals surface area contributed by atoms with Crippen molar-refractivity contribution in [2.75, 3.05) is 5.32 Å². The van der Waals surface area contributed by atoms with Gasteiger partial charge in [-0.25, -0.2) is 0 Å². The Morgan fingerprint density at radius 2 is 2.15 bits per heavy atom. The van der Waals surface area contributed by atoms with Crippen molar-refractivity contribution in [3.8, 4) is 0 Å². The van der Waals surface area contributed by atoms with Gasteiger partial charge in [-0.3, -0.25) is 4.79 Å². The molecule has 0 aliphatic heterocycles. The Labute approximate surface area is 120 Å². The van der Waals surface area contributed by atoms with Crippen LogP contribution in [0, 0.1) is 12.8 Å². The molecule has 0 aliphatic carbocycles. The molecule has 1 atom stereocenters. The summed E-state index contributed by atoms with van der Waals surface area (Å²) in [5.41, 5.74) is 3.17. The van der Waals surface area contributed by atoms with Gasteiger partial charge >= 0.3 is 0 Å². The summed E-state index contributed by atoms with van der Waals surface area (Å²) < 4.78 is 0. The molecule has 108 valence electrons. The Kier molecular flexibility index (Phi) is 4.83. The number of fused-ring (bicyclic) bond motifs is 1. The average molecular weight is 272 g/mol. The lowest BCUT2D eigenvalue weighted by atomic mass is 9.98. The number of hydrogen-bond acceptors (Lipinski definition) is 1. The van der Waals surface area contributed by atoms with E-state index in [1.165, 1.54) is 10.9 Å². The summed E-state index contributed by atoms with van der Waals surface area (Å²) in [5, 5.41) is 4.25. The first-order chi connectivity index (χ1) is 9.65. The number of nitrogens with one attached hydrogen (secondary N) is 2. The first-order valence-electron chi connectivity index (χ1n) is 7.54. The number of unbranched alkanes of at least 4 members (excludes halogenated alkanes) is 1. The Hall–Kier alpha value is -1.77. The molecule has 3 heteroatoms. The van der Waals surface area contributed by atoms with Crippen molar-refractivity contribution in [2.24, 2.45) is 5.92 Å². The van der Waals surface area contributed by atoms with Gasteiger partial charge in [-0.15, -0.1) is 0 Å². The highest BCUT2D eigenvalue weighted by Crippen LogP contribution is 2.22. The second-order valence-electron chi connectivity index (χ2n) is 5.47. The Bertz CT molecular complexity index is 586. The summed E-state index contributed by atoms with van der Waals surface area (Å²) in [6.45, 7) is 6.32. The third-order valence-electron chi connectivity index (χ3n) is 3.93. The number of H-pyrrole nitrogens is 1. The third-order valence-corrected chi connectivity index (χ3v) is 3.93. The maximum atomic E-state index is 12.3. The van der Waals surface area contributed by atoms with E-state index in [2.05, 4.69) is 37.1 Å². The lowest BCUT2D eigenvalue weighted by Gasteiger charge is -2.14. The predicted molar refractivity (Wildman–Crippen MR) is 85.0 cm³/mol. The van der Waals surface area contributed by atoms with Crippen molar-refractivity contribution in [1.29, 1.82) is 0 Å². The predicted octanol–water partition coefficient (Wildman–Crippen LogP) is 4.63. The van der Waals surface area contributed by atoms with Gasteiger partial charge in [-0.1, -0.05) is 32.8 Å². The van der Waals surface area contributed by atoms with E-state index in [1.54, 1.807) is 0 Å². The molecule has 1 amide bonds. The molecule has 0 radical (unpaired) electrons. The van der Waals surface area contributed by atoms with E-state index in [0.717, 1.165) is 36.9 Å². The van der Waals surface area contributed by atoms with Gasteiger partial charge in [0.1, 0.15) is 0 Å². The van der Waals surface area contributed by atoms with Crippen LogP contribution in [-0.2, 0) is 4.79 Å². The molecule has 2 rings (SSSR count). The molecule has 2 N–H and O–H groups in total. The van der Waals surface area contributed by atoms with Crippen LogP contribution in [0.4, 0.5) is 5.69 Å². The molecule has 0 spiro atoms. The second kappa shape index (κ2) is 6.60. The lowest BCUT2D eigenvalue weighted by Crippen LogP contribution is -2.22. The van der Waals surface area contributed by atoms with Crippen LogP contribution in [0.15, 0.2) is 24.4 Å². The Morgan fingerprint density at radius 1 is 1.35 bits per heavy atom. The van der Waals surface area contributed by atoms with E-state index < -0.39 is 0 Å². The quantitative estimate of drug-likeness (QED) is 0.791. The monoisotopic (exact) mass is 272 g/mol. The summed E-state index contributed by atoms with van der Waals surface area (Å²) in [6, 6.07) is 6.05. The van der Waals surface area contributed by atoms with Gasteiger partial charge < -0.3 is 10.3 Å². The molecule has 0 fully saturated rings. The molecule has 1 heterocycles. The van der Waals surface area contributed by atoms with Crippen LogP contribution in [0.1, 0.15) is 45.1 Å². The number of aryl methyl sites for hydroxylation is 1. The fourth-order valence-corrected chi connectivity index (χ4v) is 2.56. The largest absolute Gasteiger partial charge is 0.361 e. The number of rotatable bonds is 6. The summed E-state index contributed by atoms with van der Waals surface area (Å²) >= 11 is 0. The van der Waals surface area contributed by atoms with Crippen LogP contribution in [-0.4, -0.2) is 10.9 Å². The van der Waals surface area contributed by atoms with E-state index >= 15 is 0 Å². The number of carbonyl (C=O) groups is 1. The topological polar surface area (TPSA) is 44.9 Å². The minimum atomic E-state index is 0.121. The Balaban J connectivity index is 2.08. The van der Waals surface area contributed by atoms with Crippen LogP contribution >= 0.6 is 0 Å². The maximum Gasteiger partial charge on any atom is 0.227 e. The fourth-order valence-electron chi connectivity index (χ4n) is 2.56. The lowest BCUT2D eigenvalue weighted by molar-refractivity contribution is -0.120. The van der Waals surface area contributed by atoms with Crippen molar-refractivity contribution in [1.82, 2.24) is 4.98 Å². The van der Waals surface area contributed by atoms with Crippen molar-refractivity contribution < 1.29 is 4.79 Å². The first-order valence-corrected chi connectivity index (χ1v) is 7.54. The molecule has 1 aromatic carbocycles. The zero-order chi connectivity index (χ0) is 14.5. The minimum Gasteiger partial charge on any atom is -0.361 e. The normalized spacial score (nSPS) is 12.6. The number of amides is 1. The second-order valence-corrected chi connectivity index (χ2v) is 5.47. The molecule has 1 aromatic heterocycles. The molecule has 0 saturated carbocycles. The summed E-state index contributed by atoms with van der Waals surface area (Å²) in [7, 11) is 0. The number of hydrogen-bond donors (Lipinski definition) is 2. The van der Waals surface area contributed by atoms with E-state index in [9.17, 15) is 4.79 Å². The van der Waals surface area contributed by atoms with Crippen LogP contribution in [0.3, 0.4) is 0 Å². The van der Waals surface area contributed by atoms with Crippen LogP contribution in [0.5, 0.6) is 0 Å². The number of anilines is 1. The van der Waals surface area contributed by atoms with Gasteiger partial charge in [-0.2, -0.15) is 0 Å². The zero-order valence-corrected chi connectivity index (χ0v) is 12.6. The number of carbonyl (C=O) groups excluding carboxylic acids is 1. The number of benzene rings is 1. The molecule has 1 unspecified atom stereocenters. The van der Waals surface area contributed by atoms with E-state index in [1.807, 2.05) is 18.3 Å². The van der Waals surface area contributed by atoms with Crippen molar-refractivity contribution in [2.45, 2.75) is 46.5 Å². The standard InChI is InChI=1S/C17H24N2O/c1-4-6-7-13(5-2)17(20)19-14-8-9-15-12(3)11-18-16(15)10-14/h8-11,13,18H,4-7H2,1-3H3,(H,19,20). The summed E-state index contributed by atoms with van der Waals surface area (Å²) in [5.74, 6) is 0.264. The fraction of sp³-hybridized carbons (Fsp3) is 0.471. The number of aromatic nitrogens is 1. The molecule has 0 aliphatic rings. The van der Waals surface area contributed by atoms with Gasteiger partial charge in [0.05, 0.1) is 0 Å². The van der Waals surface area contributed by atoms with Crippen molar-refractivity contribution in [3.05, 3.63) is 30.0 Å². The van der Waals surface area contributed by atoms with Crippen molar-refractivity contribution in [3.63, 3.8) is 0 Å². The van der Waals surface area contributed by atoms with E-state index in [-0.39, 0.29) is 11.8 Å². The molecule has 3 nitrogen and oxygen atoms in total. The van der Waals surface area contributed by atoms with Gasteiger partial charge in [0.25, 0.3) is 0 Å². The van der Waals surface area contributed by atoms with Gasteiger partial charge in [0.2, 0.25) is 5.91 Å². The highest BCUT2D eigenvalue weighted by atomic mass is 16.1. The van der Waals surface area contributed by atoms with E-state index in [4.69, 9.17) is 0 Å². The zero-order valence-electron chi connectivity index (χ0n) is 12.6. The van der Waals surface area contributed by atoms with Gasteiger partial charge in [0.15, 0.2) is 0 Å². The van der Waals surface area contributed by atoms with E-state index in [0.29, 0.717) is 0 Å². The van der Waals surface area contributed by atoms with Crippen LogP contribution in [0.2, 0.25) is 0 Å². The Morgan fingerprint density at radius 3 is 2.85 bits per heavy atom. The highest BCUT2D eigenvalue weighted by molar-refractivity contribution is 5.95. The summed E-state index contributed by atoms with van der Waals surface area (Å²) in [4.78, 5) is 15.5. The van der Waals surface area contributed by atoms with Crippen LogP contribution < -0.4 is 5.32 Å². The molecular formula is C17H24N2O. The smallest absolute Gasteiger partial charge is 0.227 e. The molecule has 20 heavy (non-hydrogen) atoms. The third kappa shape index (κ3) is 3.21. The van der Waals surface area contributed by atoms with Crippen LogP contribution in [0.25, 0.3) is 10.9 Å². The summed E-state index contributed by atoms with van der Waals surface area (Å²) in [6.07, 6.45) is 6.11. The average Bonchev–Trinajstić information content (AvgIpc) is 2.81. The first kappa shape index (κ1) is 14.6. The molecule has 0 bridgehead atoms. The minimum absolute atomic E-state index is 0.121.